The number of fused-ring (bicyclic) bond motifs is 1. The van der Waals surface area contributed by atoms with Crippen molar-refractivity contribution in [1.29, 1.82) is 0 Å². The Balaban J connectivity index is 1.50. The zero-order chi connectivity index (χ0) is 14.9. The van der Waals surface area contributed by atoms with Crippen molar-refractivity contribution in [2.45, 2.75) is 31.5 Å². The third-order valence-electron chi connectivity index (χ3n) is 4.76. The minimum absolute atomic E-state index is 0.569. The Bertz CT molecular complexity index is 633. The number of thiophene rings is 1. The summed E-state index contributed by atoms with van der Waals surface area (Å²) >= 11 is 1.85. The summed E-state index contributed by atoms with van der Waals surface area (Å²) in [6.07, 6.45) is 4.02. The van der Waals surface area contributed by atoms with E-state index in [1.54, 1.807) is 13.4 Å². The van der Waals surface area contributed by atoms with Crippen LogP contribution in [-0.2, 0) is 6.54 Å². The van der Waals surface area contributed by atoms with Crippen molar-refractivity contribution in [2.75, 3.05) is 25.1 Å². The van der Waals surface area contributed by atoms with Gasteiger partial charge in [0.15, 0.2) is 0 Å². The topological polar surface area (TPSA) is 41.5 Å². The molecule has 0 aliphatic carbocycles. The fourth-order valence-corrected chi connectivity index (χ4v) is 4.49. The van der Waals surface area contributed by atoms with Crippen LogP contribution < -0.4 is 9.64 Å². The highest BCUT2D eigenvalue weighted by Gasteiger charge is 2.42. The maximum absolute atomic E-state index is 5.23. The van der Waals surface area contributed by atoms with E-state index in [4.69, 9.17) is 4.74 Å². The van der Waals surface area contributed by atoms with E-state index in [0.29, 0.717) is 18.0 Å². The van der Waals surface area contributed by atoms with Crippen LogP contribution in [0.5, 0.6) is 5.88 Å². The predicted octanol–water partition coefficient (Wildman–Crippen LogP) is 2.40. The van der Waals surface area contributed by atoms with Crippen LogP contribution in [0.2, 0.25) is 0 Å². The normalized spacial score (nSPS) is 24.7. The lowest BCUT2D eigenvalue weighted by Gasteiger charge is -2.26. The molecule has 0 saturated carbocycles. The molecule has 2 aliphatic heterocycles. The summed E-state index contributed by atoms with van der Waals surface area (Å²) < 4.78 is 5.23. The summed E-state index contributed by atoms with van der Waals surface area (Å²) in [5, 5.41) is 2.16. The van der Waals surface area contributed by atoms with E-state index in [-0.39, 0.29) is 0 Å². The summed E-state index contributed by atoms with van der Waals surface area (Å²) in [7, 11) is 1.65. The van der Waals surface area contributed by atoms with E-state index in [1.165, 1.54) is 24.3 Å². The second-order valence-corrected chi connectivity index (χ2v) is 6.91. The van der Waals surface area contributed by atoms with Crippen molar-refractivity contribution < 1.29 is 4.74 Å². The van der Waals surface area contributed by atoms with Crippen molar-refractivity contribution in [3.63, 3.8) is 0 Å². The van der Waals surface area contributed by atoms with E-state index < -0.39 is 0 Å². The van der Waals surface area contributed by atoms with Gasteiger partial charge in [0.25, 0.3) is 0 Å². The van der Waals surface area contributed by atoms with Crippen molar-refractivity contribution in [3.8, 4) is 5.88 Å². The van der Waals surface area contributed by atoms with Crippen LogP contribution >= 0.6 is 11.3 Å². The highest BCUT2D eigenvalue weighted by Crippen LogP contribution is 2.35. The molecule has 2 aromatic heterocycles. The summed E-state index contributed by atoms with van der Waals surface area (Å²) in [6.45, 7) is 3.32. The van der Waals surface area contributed by atoms with Gasteiger partial charge >= 0.3 is 0 Å². The zero-order valence-electron chi connectivity index (χ0n) is 12.7. The quantitative estimate of drug-likeness (QED) is 0.866. The summed E-state index contributed by atoms with van der Waals surface area (Å²) in [6, 6.07) is 7.54. The minimum atomic E-state index is 0.569. The molecule has 0 bridgehead atoms. The molecule has 0 unspecified atom stereocenters. The van der Waals surface area contributed by atoms with Crippen LogP contribution in [0.25, 0.3) is 0 Å². The second-order valence-electron chi connectivity index (χ2n) is 5.87. The van der Waals surface area contributed by atoms with Gasteiger partial charge in [0.1, 0.15) is 12.1 Å². The standard InChI is InChI=1S/C16H20N4OS/c1-21-16-9-15(17-11-18-16)20-7-5-13-14(20)4-6-19(13)10-12-3-2-8-22-12/h2-3,8-9,11,13-14H,4-7,10H2,1H3/t13-,14+/m1/s1. The van der Waals surface area contributed by atoms with Gasteiger partial charge in [-0.3, -0.25) is 4.90 Å². The monoisotopic (exact) mass is 316 g/mol. The van der Waals surface area contributed by atoms with Gasteiger partial charge in [-0.1, -0.05) is 6.07 Å². The molecule has 0 amide bonds. The van der Waals surface area contributed by atoms with Gasteiger partial charge < -0.3 is 9.64 Å². The lowest BCUT2D eigenvalue weighted by Crippen LogP contribution is -2.36. The number of ether oxygens (including phenoxy) is 1. The molecule has 4 rings (SSSR count). The average molecular weight is 316 g/mol. The number of hydrogen-bond acceptors (Lipinski definition) is 6. The van der Waals surface area contributed by atoms with E-state index in [2.05, 4.69) is 37.3 Å². The Morgan fingerprint density at radius 2 is 2.18 bits per heavy atom. The van der Waals surface area contributed by atoms with Gasteiger partial charge in [-0.25, -0.2) is 9.97 Å². The molecule has 0 aromatic carbocycles. The molecule has 116 valence electrons. The number of rotatable bonds is 4. The van der Waals surface area contributed by atoms with Crippen LogP contribution in [0.4, 0.5) is 5.82 Å². The maximum atomic E-state index is 5.23. The number of anilines is 1. The molecule has 2 fully saturated rings. The first-order chi connectivity index (χ1) is 10.8. The largest absolute Gasteiger partial charge is 0.481 e. The Kier molecular flexibility index (Phi) is 3.72. The third-order valence-corrected chi connectivity index (χ3v) is 5.62. The second kappa shape index (κ2) is 5.85. The van der Waals surface area contributed by atoms with Gasteiger partial charge in [0.05, 0.1) is 7.11 Å². The molecule has 5 nitrogen and oxygen atoms in total. The molecule has 2 saturated heterocycles. The van der Waals surface area contributed by atoms with E-state index in [0.717, 1.165) is 18.9 Å². The lowest BCUT2D eigenvalue weighted by molar-refractivity contribution is 0.248. The van der Waals surface area contributed by atoms with Gasteiger partial charge in [-0.15, -0.1) is 11.3 Å². The first-order valence-corrected chi connectivity index (χ1v) is 8.62. The first-order valence-electron chi connectivity index (χ1n) is 7.74. The van der Waals surface area contributed by atoms with Crippen molar-refractivity contribution in [3.05, 3.63) is 34.8 Å². The summed E-state index contributed by atoms with van der Waals surface area (Å²) in [5.74, 6) is 1.64. The van der Waals surface area contributed by atoms with Crippen LogP contribution in [0.15, 0.2) is 29.9 Å². The predicted molar refractivity (Wildman–Crippen MR) is 87.5 cm³/mol. The van der Waals surface area contributed by atoms with Crippen LogP contribution in [0, 0.1) is 0 Å². The fourth-order valence-electron chi connectivity index (χ4n) is 3.76. The van der Waals surface area contributed by atoms with E-state index >= 15 is 0 Å². The summed E-state index contributed by atoms with van der Waals surface area (Å²) in [5.41, 5.74) is 0. The van der Waals surface area contributed by atoms with Gasteiger partial charge in [0.2, 0.25) is 5.88 Å². The number of methoxy groups -OCH3 is 1. The summed E-state index contributed by atoms with van der Waals surface area (Å²) in [4.78, 5) is 15.1. The van der Waals surface area contributed by atoms with Crippen LogP contribution in [-0.4, -0.2) is 47.2 Å². The first kappa shape index (κ1) is 14.0. The fraction of sp³-hybridized carbons (Fsp3) is 0.500. The molecule has 2 aromatic rings. The van der Waals surface area contributed by atoms with E-state index in [9.17, 15) is 0 Å². The number of aromatic nitrogens is 2. The molecule has 0 radical (unpaired) electrons. The molecule has 2 atom stereocenters. The smallest absolute Gasteiger partial charge is 0.218 e. The zero-order valence-corrected chi connectivity index (χ0v) is 13.5. The molecule has 0 N–H and O–H groups in total. The number of likely N-dealkylation sites (tertiary alicyclic amines) is 1. The molecule has 2 aliphatic rings. The Hall–Kier alpha value is -1.66. The Morgan fingerprint density at radius 1 is 1.27 bits per heavy atom. The molecular weight excluding hydrogens is 296 g/mol. The molecule has 0 spiro atoms. The molecule has 4 heterocycles. The van der Waals surface area contributed by atoms with Crippen LogP contribution in [0.1, 0.15) is 17.7 Å². The Morgan fingerprint density at radius 3 is 3.00 bits per heavy atom. The van der Waals surface area contributed by atoms with Crippen molar-refractivity contribution >= 4 is 17.2 Å². The van der Waals surface area contributed by atoms with Gasteiger partial charge in [0, 0.05) is 42.7 Å². The SMILES string of the molecule is COc1cc(N2CC[C@@H]3[C@@H]2CCN3Cc2cccs2)ncn1. The minimum Gasteiger partial charge on any atom is -0.481 e. The highest BCUT2D eigenvalue weighted by atomic mass is 32.1. The molecular formula is C16H20N4OS. The van der Waals surface area contributed by atoms with Gasteiger partial charge in [-0.05, 0) is 24.3 Å². The molecule has 6 heteroatoms. The van der Waals surface area contributed by atoms with Gasteiger partial charge in [-0.2, -0.15) is 0 Å². The van der Waals surface area contributed by atoms with Crippen LogP contribution in [0.3, 0.4) is 0 Å². The Labute approximate surface area is 134 Å². The number of nitrogens with zero attached hydrogens (tertiary/aromatic N) is 4. The molecule has 22 heavy (non-hydrogen) atoms. The highest BCUT2D eigenvalue weighted by molar-refractivity contribution is 7.09. The lowest BCUT2D eigenvalue weighted by atomic mass is 10.1. The van der Waals surface area contributed by atoms with Crippen molar-refractivity contribution in [2.24, 2.45) is 0 Å². The number of hydrogen-bond donors (Lipinski definition) is 0. The average Bonchev–Trinajstić information content (AvgIpc) is 3.26. The van der Waals surface area contributed by atoms with Crippen molar-refractivity contribution in [1.82, 2.24) is 14.9 Å². The van der Waals surface area contributed by atoms with E-state index in [1.807, 2.05) is 17.4 Å². The maximum Gasteiger partial charge on any atom is 0.218 e. The third kappa shape index (κ3) is 2.46.